The molecule has 0 aliphatic heterocycles. The first kappa shape index (κ1) is 16.4. The average molecular weight is 272 g/mol. The second-order valence-electron chi connectivity index (χ2n) is 5.95. The Kier molecular flexibility index (Phi) is 6.75. The number of carbonyl (C=O) groups excluding carboxylic acids is 1. The van der Waals surface area contributed by atoms with Crippen molar-refractivity contribution in [2.45, 2.75) is 51.6 Å². The molecule has 0 spiro atoms. The highest BCUT2D eigenvalue weighted by Gasteiger charge is 2.36. The van der Waals surface area contributed by atoms with Gasteiger partial charge in [0.05, 0.1) is 18.8 Å². The van der Waals surface area contributed by atoms with Crippen LogP contribution in [0.3, 0.4) is 0 Å². The molecule has 1 atom stereocenters. The van der Waals surface area contributed by atoms with Gasteiger partial charge in [0.15, 0.2) is 0 Å². The number of hydrogen-bond acceptors (Lipinski definition) is 4. The van der Waals surface area contributed by atoms with Crippen molar-refractivity contribution in [2.24, 2.45) is 11.7 Å². The highest BCUT2D eigenvalue weighted by Crippen LogP contribution is 2.23. The van der Waals surface area contributed by atoms with E-state index in [-0.39, 0.29) is 5.91 Å². The molecule has 3 N–H and O–H groups in total. The largest absolute Gasteiger partial charge is 0.379 e. The maximum absolute atomic E-state index is 11.5. The van der Waals surface area contributed by atoms with E-state index in [0.717, 1.165) is 19.4 Å². The Morgan fingerprint density at radius 2 is 1.95 bits per heavy atom. The van der Waals surface area contributed by atoms with Crippen LogP contribution in [-0.2, 0) is 14.3 Å². The van der Waals surface area contributed by atoms with E-state index < -0.39 is 5.54 Å². The van der Waals surface area contributed by atoms with Crippen LogP contribution >= 0.6 is 0 Å². The van der Waals surface area contributed by atoms with E-state index in [0.29, 0.717) is 38.2 Å². The van der Waals surface area contributed by atoms with Gasteiger partial charge in [0.2, 0.25) is 5.91 Å². The van der Waals surface area contributed by atoms with Crippen molar-refractivity contribution in [1.82, 2.24) is 5.32 Å². The first-order chi connectivity index (χ1) is 8.94. The van der Waals surface area contributed by atoms with Gasteiger partial charge in [-0.25, -0.2) is 0 Å². The summed E-state index contributed by atoms with van der Waals surface area (Å²) in [5.74, 6) is 0.236. The average Bonchev–Trinajstić information content (AvgIpc) is 3.11. The lowest BCUT2D eigenvalue weighted by Crippen LogP contribution is -2.54. The van der Waals surface area contributed by atoms with Crippen molar-refractivity contribution in [3.8, 4) is 0 Å². The van der Waals surface area contributed by atoms with Crippen LogP contribution in [0.25, 0.3) is 0 Å². The number of hydrogen-bond donors (Lipinski definition) is 2. The van der Waals surface area contributed by atoms with Crippen molar-refractivity contribution < 1.29 is 14.3 Å². The first-order valence-electron chi connectivity index (χ1n) is 7.17. The van der Waals surface area contributed by atoms with Gasteiger partial charge in [-0.1, -0.05) is 13.8 Å². The minimum absolute atomic E-state index is 0.306. The predicted octanol–water partition coefficient (Wildman–Crippen LogP) is 1.06. The Morgan fingerprint density at radius 1 is 1.32 bits per heavy atom. The van der Waals surface area contributed by atoms with Gasteiger partial charge in [-0.05, 0) is 32.1 Å². The van der Waals surface area contributed by atoms with Gasteiger partial charge in [0, 0.05) is 19.3 Å². The van der Waals surface area contributed by atoms with Crippen LogP contribution in [0, 0.1) is 5.92 Å². The van der Waals surface area contributed by atoms with Crippen LogP contribution in [0.4, 0.5) is 0 Å². The quantitative estimate of drug-likeness (QED) is 0.552. The van der Waals surface area contributed by atoms with Gasteiger partial charge >= 0.3 is 0 Å². The lowest BCUT2D eigenvalue weighted by Gasteiger charge is -2.27. The Bertz CT molecular complexity index is 280. The van der Waals surface area contributed by atoms with Crippen LogP contribution in [0.1, 0.15) is 40.0 Å². The molecule has 1 aliphatic rings. The van der Waals surface area contributed by atoms with E-state index in [1.54, 1.807) is 0 Å². The molecule has 1 rings (SSSR count). The van der Waals surface area contributed by atoms with E-state index >= 15 is 0 Å². The van der Waals surface area contributed by atoms with Crippen molar-refractivity contribution in [3.63, 3.8) is 0 Å². The smallest absolute Gasteiger partial charge is 0.237 e. The fraction of sp³-hybridized carbons (Fsp3) is 0.929. The van der Waals surface area contributed by atoms with E-state index in [4.69, 9.17) is 15.2 Å². The second kappa shape index (κ2) is 7.82. The molecule has 19 heavy (non-hydrogen) atoms. The summed E-state index contributed by atoms with van der Waals surface area (Å²) in [6, 6.07) is 0.451. The Morgan fingerprint density at radius 3 is 2.47 bits per heavy atom. The molecule has 0 aromatic carbocycles. The molecular weight excluding hydrogens is 244 g/mol. The molecule has 0 radical (unpaired) electrons. The van der Waals surface area contributed by atoms with E-state index in [1.165, 1.54) is 0 Å². The van der Waals surface area contributed by atoms with Gasteiger partial charge in [0.1, 0.15) is 0 Å². The number of primary amides is 1. The molecule has 0 aromatic heterocycles. The lowest BCUT2D eigenvalue weighted by molar-refractivity contribution is -0.124. The molecule has 1 unspecified atom stereocenters. The zero-order valence-electron chi connectivity index (χ0n) is 12.4. The standard InChI is InChI=1S/C14H28N2O3/c1-11(2)10-19-9-8-18-7-6-14(3,13(15)17)16-12-4-5-12/h11-12,16H,4-10H2,1-3H3,(H2,15,17). The maximum Gasteiger partial charge on any atom is 0.237 e. The molecule has 0 saturated heterocycles. The fourth-order valence-corrected chi connectivity index (χ4v) is 1.76. The zero-order chi connectivity index (χ0) is 14.3. The predicted molar refractivity (Wildman–Crippen MR) is 74.9 cm³/mol. The highest BCUT2D eigenvalue weighted by atomic mass is 16.5. The number of amides is 1. The number of nitrogens with two attached hydrogens (primary N) is 1. The van der Waals surface area contributed by atoms with E-state index in [9.17, 15) is 4.79 Å². The summed E-state index contributed by atoms with van der Waals surface area (Å²) in [4.78, 5) is 11.5. The minimum Gasteiger partial charge on any atom is -0.379 e. The normalized spacial score (nSPS) is 18.5. The molecule has 0 aromatic rings. The van der Waals surface area contributed by atoms with E-state index in [1.807, 2.05) is 6.92 Å². The maximum atomic E-state index is 11.5. The van der Waals surface area contributed by atoms with Crippen molar-refractivity contribution >= 4 is 5.91 Å². The summed E-state index contributed by atoms with van der Waals surface area (Å²) < 4.78 is 10.9. The summed E-state index contributed by atoms with van der Waals surface area (Å²) in [6.07, 6.45) is 2.86. The van der Waals surface area contributed by atoms with Crippen molar-refractivity contribution in [3.05, 3.63) is 0 Å². The van der Waals surface area contributed by atoms with Gasteiger partial charge in [-0.3, -0.25) is 4.79 Å². The summed E-state index contributed by atoms with van der Waals surface area (Å²) in [6.45, 7) is 8.51. The molecule has 0 bridgehead atoms. The van der Waals surface area contributed by atoms with Gasteiger partial charge in [-0.2, -0.15) is 0 Å². The third-order valence-electron chi connectivity index (χ3n) is 3.21. The lowest BCUT2D eigenvalue weighted by atomic mass is 9.97. The van der Waals surface area contributed by atoms with Crippen LogP contribution in [-0.4, -0.2) is 43.9 Å². The molecule has 1 aliphatic carbocycles. The van der Waals surface area contributed by atoms with Gasteiger partial charge in [-0.15, -0.1) is 0 Å². The molecular formula is C14H28N2O3. The second-order valence-corrected chi connectivity index (χ2v) is 5.95. The van der Waals surface area contributed by atoms with Crippen LogP contribution < -0.4 is 11.1 Å². The summed E-state index contributed by atoms with van der Waals surface area (Å²) >= 11 is 0. The Labute approximate surface area is 116 Å². The molecule has 1 amide bonds. The van der Waals surface area contributed by atoms with Crippen molar-refractivity contribution in [2.75, 3.05) is 26.4 Å². The molecule has 5 nitrogen and oxygen atoms in total. The highest BCUT2D eigenvalue weighted by molar-refractivity contribution is 5.84. The summed E-state index contributed by atoms with van der Waals surface area (Å²) in [5, 5.41) is 3.30. The van der Waals surface area contributed by atoms with Crippen LogP contribution in [0.5, 0.6) is 0 Å². The Hall–Kier alpha value is -0.650. The van der Waals surface area contributed by atoms with Crippen LogP contribution in [0.2, 0.25) is 0 Å². The fourth-order valence-electron chi connectivity index (χ4n) is 1.76. The Balaban J connectivity index is 2.09. The summed E-state index contributed by atoms with van der Waals surface area (Å²) in [7, 11) is 0. The topological polar surface area (TPSA) is 73.6 Å². The minimum atomic E-state index is -0.653. The molecule has 5 heteroatoms. The number of nitrogens with one attached hydrogen (secondary N) is 1. The molecule has 1 fully saturated rings. The van der Waals surface area contributed by atoms with Crippen LogP contribution in [0.15, 0.2) is 0 Å². The third-order valence-corrected chi connectivity index (χ3v) is 3.21. The first-order valence-corrected chi connectivity index (χ1v) is 7.17. The zero-order valence-corrected chi connectivity index (χ0v) is 12.4. The number of rotatable bonds is 11. The molecule has 0 heterocycles. The monoisotopic (exact) mass is 272 g/mol. The van der Waals surface area contributed by atoms with Crippen molar-refractivity contribution in [1.29, 1.82) is 0 Å². The van der Waals surface area contributed by atoms with Gasteiger partial charge in [0.25, 0.3) is 0 Å². The summed E-state index contributed by atoms with van der Waals surface area (Å²) in [5.41, 5.74) is 4.81. The third kappa shape index (κ3) is 6.89. The number of ether oxygens (including phenoxy) is 2. The van der Waals surface area contributed by atoms with E-state index in [2.05, 4.69) is 19.2 Å². The van der Waals surface area contributed by atoms with Gasteiger partial charge < -0.3 is 20.5 Å². The number of carbonyl (C=O) groups is 1. The molecule has 1 saturated carbocycles. The SMILES string of the molecule is CC(C)COCCOCCC(C)(NC1CC1)C(N)=O. The molecule has 112 valence electrons.